The van der Waals surface area contributed by atoms with Crippen LogP contribution >= 0.6 is 0 Å². The highest BCUT2D eigenvalue weighted by atomic mass is 19.4. The van der Waals surface area contributed by atoms with Crippen molar-refractivity contribution in [1.29, 1.82) is 0 Å². The van der Waals surface area contributed by atoms with Gasteiger partial charge in [-0.05, 0) is 67.6 Å². The Morgan fingerprint density at radius 2 is 1.77 bits per heavy atom. The van der Waals surface area contributed by atoms with Crippen LogP contribution < -0.4 is 10.7 Å². The molecule has 0 saturated carbocycles. The third-order valence-electron chi connectivity index (χ3n) is 6.62. The molecule has 2 aromatic carbocycles. The molecule has 6 nitrogen and oxygen atoms in total. The molecule has 4 rings (SSSR count). The van der Waals surface area contributed by atoms with Crippen molar-refractivity contribution in [3.8, 4) is 16.8 Å². The summed E-state index contributed by atoms with van der Waals surface area (Å²) >= 11 is 0. The van der Waals surface area contributed by atoms with Gasteiger partial charge in [0.25, 0.3) is 0 Å². The van der Waals surface area contributed by atoms with Crippen molar-refractivity contribution in [2.75, 3.05) is 6.54 Å². The molecular formula is C30H28F3N3O3. The Bertz CT molecular complexity index is 1590. The molecule has 0 spiro atoms. The van der Waals surface area contributed by atoms with Crippen molar-refractivity contribution in [1.82, 2.24) is 14.9 Å². The van der Waals surface area contributed by atoms with Crippen molar-refractivity contribution in [3.63, 3.8) is 0 Å². The molecule has 0 bridgehead atoms. The Labute approximate surface area is 223 Å². The van der Waals surface area contributed by atoms with E-state index in [4.69, 9.17) is 0 Å². The quantitative estimate of drug-likeness (QED) is 0.266. The van der Waals surface area contributed by atoms with Gasteiger partial charge in [0, 0.05) is 23.8 Å². The molecule has 0 saturated heterocycles. The average Bonchev–Trinajstić information content (AvgIpc) is 2.91. The number of aromatic nitrogens is 2. The van der Waals surface area contributed by atoms with E-state index in [1.807, 2.05) is 48.5 Å². The molecule has 2 heterocycles. The maximum Gasteiger partial charge on any atom is 0.405 e. The summed E-state index contributed by atoms with van der Waals surface area (Å²) in [6.07, 6.45) is -0.325. The zero-order valence-corrected chi connectivity index (χ0v) is 21.5. The molecule has 0 aliphatic carbocycles. The van der Waals surface area contributed by atoms with Crippen molar-refractivity contribution >= 4 is 22.7 Å². The highest BCUT2D eigenvalue weighted by Gasteiger charge is 2.28. The molecule has 2 aromatic heterocycles. The van der Waals surface area contributed by atoms with E-state index in [-0.39, 0.29) is 16.6 Å². The van der Waals surface area contributed by atoms with Gasteiger partial charge in [-0.25, -0.2) is 4.98 Å². The molecule has 39 heavy (non-hydrogen) atoms. The molecule has 0 fully saturated rings. The fourth-order valence-electron chi connectivity index (χ4n) is 4.14. The topological polar surface area (TPSA) is 84.2 Å². The predicted molar refractivity (Wildman–Crippen MR) is 146 cm³/mol. The van der Waals surface area contributed by atoms with Gasteiger partial charge in [-0.3, -0.25) is 9.59 Å². The summed E-state index contributed by atoms with van der Waals surface area (Å²) in [6.45, 7) is 5.77. The number of pyridine rings is 2. The van der Waals surface area contributed by atoms with Crippen LogP contribution in [0.25, 0.3) is 33.5 Å². The van der Waals surface area contributed by atoms with E-state index in [1.165, 1.54) is 6.20 Å². The number of aryl methyl sites for hydroxylation is 1. The maximum absolute atomic E-state index is 13.1. The first kappa shape index (κ1) is 27.6. The van der Waals surface area contributed by atoms with Crippen LogP contribution in [0, 0.1) is 5.41 Å². The van der Waals surface area contributed by atoms with E-state index in [0.29, 0.717) is 24.2 Å². The monoisotopic (exact) mass is 535 g/mol. The van der Waals surface area contributed by atoms with Crippen LogP contribution in [0.1, 0.15) is 31.4 Å². The van der Waals surface area contributed by atoms with E-state index in [0.717, 1.165) is 16.7 Å². The van der Waals surface area contributed by atoms with Crippen LogP contribution in [0.4, 0.5) is 13.2 Å². The summed E-state index contributed by atoms with van der Waals surface area (Å²) in [4.78, 5) is 28.8. The third kappa shape index (κ3) is 6.37. The number of hydrogen-bond donors (Lipinski definition) is 2. The Morgan fingerprint density at radius 3 is 2.44 bits per heavy atom. The first-order valence-corrected chi connectivity index (χ1v) is 12.3. The first-order chi connectivity index (χ1) is 18.4. The molecular weight excluding hydrogens is 507 g/mol. The normalized spacial score (nSPS) is 11.9. The summed E-state index contributed by atoms with van der Waals surface area (Å²) in [7, 11) is 0. The number of halogens is 3. The molecule has 9 heteroatoms. The minimum absolute atomic E-state index is 0.0128. The van der Waals surface area contributed by atoms with Gasteiger partial charge in [0.2, 0.25) is 0 Å². The van der Waals surface area contributed by atoms with Crippen LogP contribution in [0.15, 0.2) is 84.4 Å². The lowest BCUT2D eigenvalue weighted by molar-refractivity contribution is -0.147. The minimum Gasteiger partial charge on any atom is -0.481 e. The molecule has 0 aliphatic heterocycles. The smallest absolute Gasteiger partial charge is 0.405 e. The number of hydrogen-bond acceptors (Lipinski definition) is 4. The van der Waals surface area contributed by atoms with Crippen LogP contribution in [-0.2, 0) is 11.2 Å². The van der Waals surface area contributed by atoms with Gasteiger partial charge in [-0.1, -0.05) is 43.0 Å². The molecule has 2 N–H and O–H groups in total. The second kappa shape index (κ2) is 10.8. The summed E-state index contributed by atoms with van der Waals surface area (Å²) in [5.41, 5.74) is 2.45. The largest absolute Gasteiger partial charge is 0.481 e. The fourth-order valence-corrected chi connectivity index (χ4v) is 4.14. The van der Waals surface area contributed by atoms with Crippen LogP contribution in [0.2, 0.25) is 0 Å². The number of nitrogens with one attached hydrogen (secondary N) is 1. The van der Waals surface area contributed by atoms with E-state index in [1.54, 1.807) is 36.7 Å². The molecule has 202 valence electrons. The van der Waals surface area contributed by atoms with Gasteiger partial charge in [-0.15, -0.1) is 0 Å². The second-order valence-electron chi connectivity index (χ2n) is 10.0. The maximum atomic E-state index is 13.1. The Hall–Kier alpha value is -4.40. The van der Waals surface area contributed by atoms with Gasteiger partial charge < -0.3 is 15.0 Å². The SMILES string of the molecule is C=C(NCC(F)(F)F)c1cn(-c2cccc(-c3ccc(CCC(C)(C)C(=O)O)cc3)c2)c2ncccc2c1=O. The van der Waals surface area contributed by atoms with E-state index < -0.39 is 29.5 Å². The lowest BCUT2D eigenvalue weighted by atomic mass is 9.86. The summed E-state index contributed by atoms with van der Waals surface area (Å²) in [5.74, 6) is -0.830. The molecule has 0 unspecified atom stereocenters. The zero-order valence-electron chi connectivity index (χ0n) is 21.5. The number of carbonyl (C=O) groups is 1. The Morgan fingerprint density at radius 1 is 1.05 bits per heavy atom. The number of alkyl halides is 3. The third-order valence-corrected chi connectivity index (χ3v) is 6.62. The Balaban J connectivity index is 1.68. The average molecular weight is 536 g/mol. The van der Waals surface area contributed by atoms with Gasteiger partial charge in [0.05, 0.1) is 16.4 Å². The second-order valence-corrected chi connectivity index (χ2v) is 10.0. The van der Waals surface area contributed by atoms with Gasteiger partial charge >= 0.3 is 12.1 Å². The molecule has 0 amide bonds. The van der Waals surface area contributed by atoms with Crippen molar-refractivity contribution < 1.29 is 23.1 Å². The summed E-state index contributed by atoms with van der Waals surface area (Å²) in [5, 5.41) is 11.8. The fraction of sp³-hybridized carbons (Fsp3) is 0.233. The van der Waals surface area contributed by atoms with Gasteiger partial charge in [-0.2, -0.15) is 13.2 Å². The molecule has 0 radical (unpaired) electrons. The molecule has 0 atom stereocenters. The summed E-state index contributed by atoms with van der Waals surface area (Å²) < 4.78 is 40.0. The predicted octanol–water partition coefficient (Wildman–Crippen LogP) is 6.22. The number of fused-ring (bicyclic) bond motifs is 1. The lowest BCUT2D eigenvalue weighted by Crippen LogP contribution is -2.29. The number of carboxylic acid groups (broad SMARTS) is 1. The lowest BCUT2D eigenvalue weighted by Gasteiger charge is -2.18. The first-order valence-electron chi connectivity index (χ1n) is 12.3. The summed E-state index contributed by atoms with van der Waals surface area (Å²) in [6, 6.07) is 18.5. The molecule has 0 aliphatic rings. The van der Waals surface area contributed by atoms with Gasteiger partial charge in [0.15, 0.2) is 5.43 Å². The number of nitrogens with zero attached hydrogens (tertiary/aromatic N) is 2. The Kier molecular flexibility index (Phi) is 7.63. The standard InChI is InChI=1S/C30H28F3N3O3/c1-19(35-18-30(31,32)33)25-17-36(27-24(26(25)37)8-5-15-34-27)23-7-4-6-22(16-23)21-11-9-20(10-12-21)13-14-29(2,3)28(38)39/h4-12,15-17,35H,1,13-14,18H2,2-3H3,(H,38,39). The van der Waals surface area contributed by atoms with Crippen LogP contribution in [0.3, 0.4) is 0 Å². The van der Waals surface area contributed by atoms with Crippen molar-refractivity contribution in [2.24, 2.45) is 5.41 Å². The van der Waals surface area contributed by atoms with Crippen LogP contribution in [0.5, 0.6) is 0 Å². The van der Waals surface area contributed by atoms with E-state index in [2.05, 4.69) is 16.9 Å². The van der Waals surface area contributed by atoms with Crippen molar-refractivity contribution in [2.45, 2.75) is 32.9 Å². The van der Waals surface area contributed by atoms with E-state index in [9.17, 15) is 27.9 Å². The van der Waals surface area contributed by atoms with Crippen LogP contribution in [-0.4, -0.2) is 33.3 Å². The number of aliphatic carboxylic acids is 1. The minimum atomic E-state index is -4.46. The van der Waals surface area contributed by atoms with Crippen molar-refractivity contribution in [3.05, 3.63) is 101 Å². The highest BCUT2D eigenvalue weighted by molar-refractivity contribution is 5.81. The number of carboxylic acids is 1. The zero-order chi connectivity index (χ0) is 28.4. The van der Waals surface area contributed by atoms with Gasteiger partial charge in [0.1, 0.15) is 12.2 Å². The number of rotatable bonds is 9. The highest BCUT2D eigenvalue weighted by Crippen LogP contribution is 2.27. The molecule has 4 aromatic rings. The van der Waals surface area contributed by atoms with E-state index >= 15 is 0 Å². The number of benzene rings is 2.